The van der Waals surface area contributed by atoms with Crippen LogP contribution in [0.2, 0.25) is 0 Å². The molecule has 7 heteroatoms. The minimum Gasteiger partial charge on any atom is -0.281 e. The normalized spacial score (nSPS) is 11.9. The van der Waals surface area contributed by atoms with E-state index < -0.39 is 10.0 Å². The van der Waals surface area contributed by atoms with Crippen LogP contribution in [0.5, 0.6) is 0 Å². The monoisotopic (exact) mass is 414 g/mol. The average molecular weight is 414 g/mol. The first-order valence-corrected chi connectivity index (χ1v) is 11.0. The fraction of sp³-hybridized carbons (Fsp3) is 0.0435. The number of sulfonamides is 1. The minimum absolute atomic E-state index is 0.182. The standard InChI is InChI=1S/C23H18N4O2S/c28-30(29,26-15-17-7-2-1-3-8-17)21-13-12-18-9-4-5-10-19(18)22(21)27-16-25-20-11-6-14-24-23(20)27/h1-14,16,26H,15H2. The molecule has 0 radical (unpaired) electrons. The van der Waals surface area contributed by atoms with Crippen molar-refractivity contribution >= 4 is 32.0 Å². The molecule has 0 saturated heterocycles. The summed E-state index contributed by atoms with van der Waals surface area (Å²) in [6.07, 6.45) is 3.29. The zero-order valence-corrected chi connectivity index (χ0v) is 16.8. The molecule has 0 amide bonds. The predicted octanol–water partition coefficient (Wildman–Crippen LogP) is 4.05. The largest absolute Gasteiger partial charge is 0.281 e. The van der Waals surface area contributed by atoms with E-state index in [2.05, 4.69) is 14.7 Å². The minimum atomic E-state index is -3.80. The van der Waals surface area contributed by atoms with Crippen LogP contribution in [-0.4, -0.2) is 23.0 Å². The molecular weight excluding hydrogens is 396 g/mol. The van der Waals surface area contributed by atoms with E-state index in [4.69, 9.17) is 0 Å². The third-order valence-electron chi connectivity index (χ3n) is 5.01. The highest BCUT2D eigenvalue weighted by molar-refractivity contribution is 7.89. The number of pyridine rings is 1. The van der Waals surface area contributed by atoms with Crippen LogP contribution in [0.4, 0.5) is 0 Å². The van der Waals surface area contributed by atoms with E-state index in [9.17, 15) is 8.42 Å². The second-order valence-electron chi connectivity index (χ2n) is 6.90. The number of aromatic nitrogens is 3. The second-order valence-corrected chi connectivity index (χ2v) is 8.64. The highest BCUT2D eigenvalue weighted by atomic mass is 32.2. The Kier molecular flexibility index (Phi) is 4.54. The van der Waals surface area contributed by atoms with Gasteiger partial charge in [0.15, 0.2) is 5.65 Å². The number of hydrogen-bond donors (Lipinski definition) is 1. The summed E-state index contributed by atoms with van der Waals surface area (Å²) >= 11 is 0. The first kappa shape index (κ1) is 18.5. The molecule has 0 bridgehead atoms. The molecule has 3 aromatic carbocycles. The third kappa shape index (κ3) is 3.24. The lowest BCUT2D eigenvalue weighted by atomic mass is 10.1. The SMILES string of the molecule is O=S(=O)(NCc1ccccc1)c1ccc2ccccc2c1-n1cnc2cccnc21. The maximum Gasteiger partial charge on any atom is 0.242 e. The molecule has 0 spiro atoms. The first-order valence-electron chi connectivity index (χ1n) is 9.47. The molecule has 2 aromatic heterocycles. The van der Waals surface area contributed by atoms with Crippen molar-refractivity contribution < 1.29 is 8.42 Å². The molecule has 1 N–H and O–H groups in total. The smallest absolute Gasteiger partial charge is 0.242 e. The van der Waals surface area contributed by atoms with Crippen LogP contribution in [0.3, 0.4) is 0 Å². The lowest BCUT2D eigenvalue weighted by Crippen LogP contribution is -2.24. The molecule has 0 aliphatic rings. The van der Waals surface area contributed by atoms with Crippen LogP contribution < -0.4 is 4.72 Å². The van der Waals surface area contributed by atoms with E-state index in [0.29, 0.717) is 16.9 Å². The van der Waals surface area contributed by atoms with Crippen molar-refractivity contribution in [2.75, 3.05) is 0 Å². The Labute approximate surface area is 173 Å². The first-order chi connectivity index (χ1) is 14.6. The Bertz CT molecular complexity index is 1460. The molecule has 0 aliphatic carbocycles. The van der Waals surface area contributed by atoms with Crippen LogP contribution in [0.25, 0.3) is 27.6 Å². The molecule has 148 valence electrons. The number of nitrogens with one attached hydrogen (secondary N) is 1. The topological polar surface area (TPSA) is 76.9 Å². The third-order valence-corrected chi connectivity index (χ3v) is 6.44. The Morgan fingerprint density at radius 1 is 0.833 bits per heavy atom. The van der Waals surface area contributed by atoms with Crippen molar-refractivity contribution in [3.05, 3.63) is 97.0 Å². The van der Waals surface area contributed by atoms with E-state index in [1.54, 1.807) is 23.2 Å². The molecule has 0 unspecified atom stereocenters. The molecule has 6 nitrogen and oxygen atoms in total. The van der Waals surface area contributed by atoms with Gasteiger partial charge in [0.2, 0.25) is 10.0 Å². The lowest BCUT2D eigenvalue weighted by molar-refractivity contribution is 0.581. The Morgan fingerprint density at radius 2 is 1.63 bits per heavy atom. The Hall–Kier alpha value is -3.55. The maximum atomic E-state index is 13.3. The molecule has 0 saturated carbocycles. The van der Waals surface area contributed by atoms with E-state index >= 15 is 0 Å². The molecule has 0 fully saturated rings. The van der Waals surface area contributed by atoms with Gasteiger partial charge in [0.05, 0.1) is 5.69 Å². The molecule has 30 heavy (non-hydrogen) atoms. The second kappa shape index (κ2) is 7.37. The number of rotatable bonds is 5. The fourth-order valence-electron chi connectivity index (χ4n) is 3.57. The Morgan fingerprint density at radius 3 is 2.50 bits per heavy atom. The van der Waals surface area contributed by atoms with E-state index in [-0.39, 0.29) is 11.4 Å². The summed E-state index contributed by atoms with van der Waals surface area (Å²) in [6.45, 7) is 0.207. The summed E-state index contributed by atoms with van der Waals surface area (Å²) in [5.41, 5.74) is 2.73. The molecule has 0 aliphatic heterocycles. The molecule has 2 heterocycles. The van der Waals surface area contributed by atoms with Gasteiger partial charge in [0.1, 0.15) is 16.7 Å². The highest BCUT2D eigenvalue weighted by Crippen LogP contribution is 2.31. The summed E-state index contributed by atoms with van der Waals surface area (Å²) in [7, 11) is -3.80. The Balaban J connectivity index is 1.70. The number of benzene rings is 3. The van der Waals surface area contributed by atoms with E-state index in [0.717, 1.165) is 16.3 Å². The van der Waals surface area contributed by atoms with Crippen LogP contribution in [0.1, 0.15) is 5.56 Å². The molecular formula is C23H18N4O2S. The summed E-state index contributed by atoms with van der Waals surface area (Å²) in [5.74, 6) is 0. The van der Waals surface area contributed by atoms with Crippen LogP contribution in [-0.2, 0) is 16.6 Å². The van der Waals surface area contributed by atoms with E-state index in [1.165, 1.54) is 0 Å². The van der Waals surface area contributed by atoms with Crippen molar-refractivity contribution in [2.24, 2.45) is 0 Å². The van der Waals surface area contributed by atoms with Gasteiger partial charge in [-0.3, -0.25) is 4.57 Å². The zero-order valence-electron chi connectivity index (χ0n) is 15.9. The van der Waals surface area contributed by atoms with Crippen LogP contribution in [0, 0.1) is 0 Å². The molecule has 5 aromatic rings. The van der Waals surface area contributed by atoms with Crippen LogP contribution >= 0.6 is 0 Å². The van der Waals surface area contributed by atoms with Gasteiger partial charge in [-0.25, -0.2) is 23.1 Å². The van der Waals surface area contributed by atoms with Gasteiger partial charge >= 0.3 is 0 Å². The zero-order chi connectivity index (χ0) is 20.6. The van der Waals surface area contributed by atoms with Crippen LogP contribution in [0.15, 0.2) is 96.3 Å². The van der Waals surface area contributed by atoms with Crippen molar-refractivity contribution in [3.8, 4) is 5.69 Å². The van der Waals surface area contributed by atoms with Gasteiger partial charge in [-0.15, -0.1) is 0 Å². The number of hydrogen-bond acceptors (Lipinski definition) is 4. The summed E-state index contributed by atoms with van der Waals surface area (Å²) in [5, 5.41) is 1.75. The van der Waals surface area contributed by atoms with Gasteiger partial charge in [0.25, 0.3) is 0 Å². The maximum absolute atomic E-state index is 13.3. The highest BCUT2D eigenvalue weighted by Gasteiger charge is 2.23. The summed E-state index contributed by atoms with van der Waals surface area (Å²) < 4.78 is 31.1. The van der Waals surface area contributed by atoms with Gasteiger partial charge in [-0.1, -0.05) is 60.7 Å². The lowest BCUT2D eigenvalue weighted by Gasteiger charge is -2.15. The van der Waals surface area contributed by atoms with Gasteiger partial charge in [-0.2, -0.15) is 0 Å². The average Bonchev–Trinajstić information content (AvgIpc) is 3.21. The molecule has 5 rings (SSSR count). The number of imidazole rings is 1. The van der Waals surface area contributed by atoms with Crippen molar-refractivity contribution in [1.29, 1.82) is 0 Å². The fourth-order valence-corrected chi connectivity index (χ4v) is 4.79. The van der Waals surface area contributed by atoms with Gasteiger partial charge in [0, 0.05) is 18.1 Å². The number of fused-ring (bicyclic) bond motifs is 2. The molecule has 0 atom stereocenters. The predicted molar refractivity (Wildman–Crippen MR) is 117 cm³/mol. The summed E-state index contributed by atoms with van der Waals surface area (Å²) in [6, 6.07) is 24.3. The van der Waals surface area contributed by atoms with E-state index in [1.807, 2.05) is 72.8 Å². The quantitative estimate of drug-likeness (QED) is 0.471. The van der Waals surface area contributed by atoms with Gasteiger partial charge < -0.3 is 0 Å². The van der Waals surface area contributed by atoms with Crippen molar-refractivity contribution in [3.63, 3.8) is 0 Å². The van der Waals surface area contributed by atoms with Gasteiger partial charge in [-0.05, 0) is 29.1 Å². The van der Waals surface area contributed by atoms with Crippen molar-refractivity contribution in [1.82, 2.24) is 19.3 Å². The van der Waals surface area contributed by atoms with Crippen molar-refractivity contribution in [2.45, 2.75) is 11.4 Å². The summed E-state index contributed by atoms with van der Waals surface area (Å²) in [4.78, 5) is 9.01. The number of nitrogens with zero attached hydrogens (tertiary/aromatic N) is 3.